The number of hydrogen-bond acceptors (Lipinski definition) is 4. The van der Waals surface area contributed by atoms with Crippen LogP contribution in [0.15, 0.2) is 84.9 Å². The maximum atomic E-state index is 12.8. The van der Waals surface area contributed by atoms with Crippen LogP contribution in [0.3, 0.4) is 0 Å². The lowest BCUT2D eigenvalue weighted by Gasteiger charge is -2.38. The lowest BCUT2D eigenvalue weighted by atomic mass is 9.74. The van der Waals surface area contributed by atoms with Crippen LogP contribution in [0.4, 0.5) is 10.5 Å². The van der Waals surface area contributed by atoms with E-state index in [1.165, 1.54) is 0 Å². The van der Waals surface area contributed by atoms with Crippen molar-refractivity contribution in [1.82, 2.24) is 15.1 Å². The minimum absolute atomic E-state index is 0.133. The van der Waals surface area contributed by atoms with E-state index >= 15 is 0 Å². The van der Waals surface area contributed by atoms with Crippen LogP contribution in [0.25, 0.3) is 11.1 Å². The van der Waals surface area contributed by atoms with Crippen LogP contribution in [-0.2, 0) is 5.41 Å². The summed E-state index contributed by atoms with van der Waals surface area (Å²) in [5, 5.41) is 16.2. The number of anilines is 1. The topological polar surface area (TPSA) is 71.4 Å². The quantitative estimate of drug-likeness (QED) is 0.388. The van der Waals surface area contributed by atoms with Crippen molar-refractivity contribution in [3.05, 3.63) is 90.5 Å². The van der Waals surface area contributed by atoms with Gasteiger partial charge in [-0.2, -0.15) is 5.26 Å². The molecule has 6 nitrogen and oxygen atoms in total. The van der Waals surface area contributed by atoms with Crippen LogP contribution in [0, 0.1) is 11.3 Å². The second-order valence-corrected chi connectivity index (χ2v) is 10.9. The SMILES string of the molecule is N#CC1(c2ccccc2)CCN(CCCN2CCC(NC(=O)Nc3ccccc3-c3ccccc3)CC2)CC1. The standard InChI is InChI=1S/C33H39N5O/c34-26-33(28-12-5-2-6-13-28)18-24-38(25-19-33)21-9-20-37-22-16-29(17-23-37)35-32(39)36-31-15-8-7-14-30(31)27-10-3-1-4-11-27/h1-8,10-15,29H,9,16-25H2,(H2,35,36,39). The second-order valence-electron chi connectivity index (χ2n) is 10.9. The maximum Gasteiger partial charge on any atom is 0.319 e. The monoisotopic (exact) mass is 521 g/mol. The number of amides is 2. The number of para-hydroxylation sites is 1. The van der Waals surface area contributed by atoms with Crippen molar-refractivity contribution in [2.45, 2.75) is 43.6 Å². The number of nitriles is 1. The van der Waals surface area contributed by atoms with Gasteiger partial charge >= 0.3 is 6.03 Å². The molecule has 3 aromatic rings. The zero-order chi connectivity index (χ0) is 26.9. The highest BCUT2D eigenvalue weighted by molar-refractivity contribution is 5.94. The Hall–Kier alpha value is -3.66. The van der Waals surface area contributed by atoms with Gasteiger partial charge in [0.1, 0.15) is 0 Å². The summed E-state index contributed by atoms with van der Waals surface area (Å²) >= 11 is 0. The van der Waals surface area contributed by atoms with Crippen LogP contribution in [0.5, 0.6) is 0 Å². The second kappa shape index (κ2) is 12.9. The van der Waals surface area contributed by atoms with Crippen LogP contribution < -0.4 is 10.6 Å². The summed E-state index contributed by atoms with van der Waals surface area (Å²) in [6, 6.07) is 31.1. The summed E-state index contributed by atoms with van der Waals surface area (Å²) in [6.45, 7) is 6.15. The molecule has 2 amide bonds. The lowest BCUT2D eigenvalue weighted by Crippen LogP contribution is -2.46. The number of nitrogens with zero attached hydrogens (tertiary/aromatic N) is 3. The summed E-state index contributed by atoms with van der Waals surface area (Å²) in [6.07, 6.45) is 4.89. The van der Waals surface area contributed by atoms with E-state index in [1.54, 1.807) is 0 Å². The molecule has 2 aliphatic heterocycles. The van der Waals surface area contributed by atoms with E-state index in [9.17, 15) is 10.1 Å². The Labute approximate surface area is 232 Å². The van der Waals surface area contributed by atoms with Gasteiger partial charge < -0.3 is 20.4 Å². The van der Waals surface area contributed by atoms with Crippen molar-refractivity contribution in [2.24, 2.45) is 0 Å². The van der Waals surface area contributed by atoms with E-state index in [-0.39, 0.29) is 17.5 Å². The Kier molecular flexibility index (Phi) is 8.93. The van der Waals surface area contributed by atoms with E-state index in [0.29, 0.717) is 0 Å². The van der Waals surface area contributed by atoms with Gasteiger partial charge in [-0.1, -0.05) is 78.9 Å². The summed E-state index contributed by atoms with van der Waals surface area (Å²) in [7, 11) is 0. The normalized spacial score (nSPS) is 18.2. The number of likely N-dealkylation sites (tertiary alicyclic amines) is 2. The van der Waals surface area contributed by atoms with Gasteiger partial charge in [-0.05, 0) is 75.5 Å². The van der Waals surface area contributed by atoms with Gasteiger partial charge in [0.15, 0.2) is 0 Å². The largest absolute Gasteiger partial charge is 0.335 e. The zero-order valence-electron chi connectivity index (χ0n) is 22.7. The van der Waals surface area contributed by atoms with Gasteiger partial charge in [0.25, 0.3) is 0 Å². The van der Waals surface area contributed by atoms with Crippen LogP contribution >= 0.6 is 0 Å². The summed E-state index contributed by atoms with van der Waals surface area (Å²) < 4.78 is 0. The van der Waals surface area contributed by atoms with Gasteiger partial charge in [-0.3, -0.25) is 0 Å². The van der Waals surface area contributed by atoms with E-state index < -0.39 is 0 Å². The van der Waals surface area contributed by atoms with Crippen molar-refractivity contribution in [3.8, 4) is 17.2 Å². The maximum absolute atomic E-state index is 12.8. The molecule has 0 spiro atoms. The average Bonchev–Trinajstić information content (AvgIpc) is 3.00. The first-order chi connectivity index (χ1) is 19.1. The predicted molar refractivity (Wildman–Crippen MR) is 158 cm³/mol. The zero-order valence-corrected chi connectivity index (χ0v) is 22.7. The van der Waals surface area contributed by atoms with Crippen molar-refractivity contribution in [2.75, 3.05) is 44.6 Å². The molecule has 0 bridgehead atoms. The molecule has 0 aromatic heterocycles. The molecule has 5 rings (SSSR count). The third kappa shape index (κ3) is 6.86. The smallest absolute Gasteiger partial charge is 0.319 e. The number of hydrogen-bond donors (Lipinski definition) is 2. The molecule has 39 heavy (non-hydrogen) atoms. The number of carbonyl (C=O) groups excluding carboxylic acids is 1. The van der Waals surface area contributed by atoms with E-state index in [1.807, 2.05) is 60.7 Å². The Morgan fingerprint density at radius 1 is 0.821 bits per heavy atom. The fourth-order valence-corrected chi connectivity index (χ4v) is 6.00. The van der Waals surface area contributed by atoms with Crippen LogP contribution in [-0.4, -0.2) is 61.1 Å². The van der Waals surface area contributed by atoms with Gasteiger partial charge in [0.2, 0.25) is 0 Å². The molecule has 2 aliphatic rings. The number of nitrogens with one attached hydrogen (secondary N) is 2. The van der Waals surface area contributed by atoms with Gasteiger partial charge in [0, 0.05) is 24.7 Å². The molecule has 0 atom stereocenters. The molecule has 0 radical (unpaired) electrons. The number of urea groups is 1. The summed E-state index contributed by atoms with van der Waals surface area (Å²) in [5.41, 5.74) is 3.77. The van der Waals surface area contributed by atoms with Crippen LogP contribution in [0.1, 0.15) is 37.7 Å². The lowest BCUT2D eigenvalue weighted by molar-refractivity contribution is 0.159. The van der Waals surface area contributed by atoms with Gasteiger partial charge in [-0.15, -0.1) is 0 Å². The first kappa shape index (κ1) is 26.9. The molecular formula is C33H39N5O. The van der Waals surface area contributed by atoms with Crippen molar-refractivity contribution >= 4 is 11.7 Å². The molecule has 0 unspecified atom stereocenters. The molecule has 0 saturated carbocycles. The Balaban J connectivity index is 1.01. The van der Waals surface area contributed by atoms with E-state index in [2.05, 4.69) is 50.8 Å². The molecule has 202 valence electrons. The number of carbonyl (C=O) groups is 1. The van der Waals surface area contributed by atoms with E-state index in [0.717, 1.165) is 93.8 Å². The third-order valence-corrected chi connectivity index (χ3v) is 8.38. The highest BCUT2D eigenvalue weighted by Gasteiger charge is 2.36. The fraction of sp³-hybridized carbons (Fsp3) is 0.394. The third-order valence-electron chi connectivity index (χ3n) is 8.38. The molecule has 2 heterocycles. The molecule has 6 heteroatoms. The highest BCUT2D eigenvalue weighted by atomic mass is 16.2. The Morgan fingerprint density at radius 2 is 1.41 bits per heavy atom. The molecule has 2 N–H and O–H groups in total. The minimum atomic E-state index is -0.331. The summed E-state index contributed by atoms with van der Waals surface area (Å²) in [4.78, 5) is 17.8. The van der Waals surface area contributed by atoms with Crippen LogP contribution in [0.2, 0.25) is 0 Å². The molecule has 0 aliphatic carbocycles. The van der Waals surface area contributed by atoms with Crippen molar-refractivity contribution in [3.63, 3.8) is 0 Å². The molecule has 2 saturated heterocycles. The number of piperidine rings is 2. The average molecular weight is 522 g/mol. The fourth-order valence-electron chi connectivity index (χ4n) is 6.00. The highest BCUT2D eigenvalue weighted by Crippen LogP contribution is 2.35. The number of rotatable bonds is 8. The van der Waals surface area contributed by atoms with Gasteiger partial charge in [0.05, 0.1) is 17.2 Å². The van der Waals surface area contributed by atoms with Gasteiger partial charge in [-0.25, -0.2) is 4.79 Å². The van der Waals surface area contributed by atoms with E-state index in [4.69, 9.17) is 0 Å². The molecule has 2 fully saturated rings. The predicted octanol–water partition coefficient (Wildman–Crippen LogP) is 5.89. The first-order valence-corrected chi connectivity index (χ1v) is 14.3. The Bertz CT molecular complexity index is 1240. The molecule has 3 aromatic carbocycles. The molecular weight excluding hydrogens is 482 g/mol. The van der Waals surface area contributed by atoms with Crippen molar-refractivity contribution < 1.29 is 4.79 Å². The first-order valence-electron chi connectivity index (χ1n) is 14.3. The minimum Gasteiger partial charge on any atom is -0.335 e. The summed E-state index contributed by atoms with van der Waals surface area (Å²) in [5.74, 6) is 0. The number of benzene rings is 3. The Morgan fingerprint density at radius 3 is 2.08 bits per heavy atom. The van der Waals surface area contributed by atoms with Crippen molar-refractivity contribution in [1.29, 1.82) is 5.26 Å².